The van der Waals surface area contributed by atoms with Gasteiger partial charge in [-0.25, -0.2) is 4.98 Å². The number of aromatic nitrogens is 3. The Bertz CT molecular complexity index is 1200. The molecule has 1 saturated carbocycles. The van der Waals surface area contributed by atoms with Gasteiger partial charge in [0.2, 0.25) is 23.6 Å². The third-order valence-electron chi connectivity index (χ3n) is 5.79. The van der Waals surface area contributed by atoms with E-state index < -0.39 is 5.54 Å². The lowest BCUT2D eigenvalue weighted by Crippen LogP contribution is -2.45. The average molecular weight is 485 g/mol. The molecular formula is C23H28N6O4S. The van der Waals surface area contributed by atoms with Crippen molar-refractivity contribution in [2.24, 2.45) is 0 Å². The number of amides is 3. The molecule has 3 amide bonds. The Labute approximate surface area is 200 Å². The minimum atomic E-state index is -0.608. The van der Waals surface area contributed by atoms with Gasteiger partial charge in [0.15, 0.2) is 11.0 Å². The van der Waals surface area contributed by atoms with Gasteiger partial charge >= 0.3 is 0 Å². The molecule has 4 rings (SSSR count). The number of carbonyl (C=O) groups excluding carboxylic acids is 3. The van der Waals surface area contributed by atoms with Crippen LogP contribution in [0.25, 0.3) is 10.2 Å². The minimum Gasteiger partial charge on any atom is -0.343 e. The second kappa shape index (κ2) is 10.3. The van der Waals surface area contributed by atoms with Crippen LogP contribution < -0.4 is 16.0 Å². The number of nitrogens with zero attached hydrogens (tertiary/aromatic N) is 3. The zero-order chi connectivity index (χ0) is 24.1. The van der Waals surface area contributed by atoms with Crippen molar-refractivity contribution < 1.29 is 18.9 Å². The van der Waals surface area contributed by atoms with Crippen molar-refractivity contribution >= 4 is 50.1 Å². The van der Waals surface area contributed by atoms with Crippen molar-refractivity contribution in [2.45, 2.75) is 70.8 Å². The summed E-state index contributed by atoms with van der Waals surface area (Å²) in [5.41, 5.74) is 0.811. The molecule has 0 bridgehead atoms. The maximum absolute atomic E-state index is 12.5. The quantitative estimate of drug-likeness (QED) is 0.432. The lowest BCUT2D eigenvalue weighted by atomic mass is 9.89. The van der Waals surface area contributed by atoms with Crippen molar-refractivity contribution in [1.29, 1.82) is 0 Å². The third-order valence-corrected chi connectivity index (χ3v) is 6.72. The van der Waals surface area contributed by atoms with E-state index in [1.807, 2.05) is 6.07 Å². The molecule has 1 fully saturated rings. The fourth-order valence-electron chi connectivity index (χ4n) is 4.29. The summed E-state index contributed by atoms with van der Waals surface area (Å²) in [6.45, 7) is 2.95. The van der Waals surface area contributed by atoms with Crippen molar-refractivity contribution in [3.63, 3.8) is 0 Å². The van der Waals surface area contributed by atoms with Crippen LogP contribution in [0.5, 0.6) is 0 Å². The zero-order valence-electron chi connectivity index (χ0n) is 19.3. The van der Waals surface area contributed by atoms with E-state index in [1.165, 1.54) is 25.2 Å². The Morgan fingerprint density at radius 1 is 1.03 bits per heavy atom. The number of anilines is 2. The van der Waals surface area contributed by atoms with Gasteiger partial charge in [0, 0.05) is 32.4 Å². The molecule has 0 unspecified atom stereocenters. The first-order valence-corrected chi connectivity index (χ1v) is 12.2. The Morgan fingerprint density at radius 3 is 2.50 bits per heavy atom. The van der Waals surface area contributed by atoms with Gasteiger partial charge in [0.25, 0.3) is 0 Å². The van der Waals surface area contributed by atoms with E-state index in [9.17, 15) is 14.4 Å². The first-order valence-electron chi connectivity index (χ1n) is 11.4. The molecule has 3 aromatic rings. The monoisotopic (exact) mass is 484 g/mol. The van der Waals surface area contributed by atoms with Crippen LogP contribution in [0.1, 0.15) is 70.5 Å². The van der Waals surface area contributed by atoms with Crippen LogP contribution in [0.2, 0.25) is 0 Å². The topological polar surface area (TPSA) is 139 Å². The third kappa shape index (κ3) is 5.77. The van der Waals surface area contributed by atoms with Gasteiger partial charge in [-0.2, -0.15) is 4.98 Å². The molecule has 3 N–H and O–H groups in total. The fourth-order valence-corrected chi connectivity index (χ4v) is 5.21. The molecule has 0 aliphatic heterocycles. The molecule has 10 nitrogen and oxygen atoms in total. The number of thiazole rings is 1. The molecule has 11 heteroatoms. The van der Waals surface area contributed by atoms with E-state index in [-0.39, 0.29) is 30.6 Å². The summed E-state index contributed by atoms with van der Waals surface area (Å²) in [4.78, 5) is 44.5. The second-order valence-electron chi connectivity index (χ2n) is 8.62. The van der Waals surface area contributed by atoms with Crippen LogP contribution in [0.3, 0.4) is 0 Å². The van der Waals surface area contributed by atoms with Gasteiger partial charge in [-0.15, -0.1) is 0 Å². The van der Waals surface area contributed by atoms with Crippen LogP contribution in [-0.2, 0) is 26.3 Å². The Kier molecular flexibility index (Phi) is 7.20. The van der Waals surface area contributed by atoms with Crippen molar-refractivity contribution in [1.82, 2.24) is 20.4 Å². The van der Waals surface area contributed by atoms with E-state index in [4.69, 9.17) is 4.52 Å². The Hall–Kier alpha value is -3.34. The van der Waals surface area contributed by atoms with Gasteiger partial charge in [0.05, 0.1) is 10.2 Å². The molecule has 1 aliphatic rings. The van der Waals surface area contributed by atoms with Crippen LogP contribution in [0, 0.1) is 0 Å². The fraction of sp³-hybridized carbons (Fsp3) is 0.478. The Morgan fingerprint density at radius 2 is 1.79 bits per heavy atom. The summed E-state index contributed by atoms with van der Waals surface area (Å²) < 4.78 is 6.28. The Balaban J connectivity index is 1.38. The van der Waals surface area contributed by atoms with Crippen LogP contribution in [0.15, 0.2) is 22.7 Å². The molecule has 0 spiro atoms. The molecule has 0 radical (unpaired) electrons. The predicted octanol–water partition coefficient (Wildman–Crippen LogP) is 3.89. The summed E-state index contributed by atoms with van der Waals surface area (Å²) in [6, 6.07) is 5.39. The van der Waals surface area contributed by atoms with Gasteiger partial charge in [-0.1, -0.05) is 42.2 Å². The summed E-state index contributed by atoms with van der Waals surface area (Å²) in [5, 5.41) is 13.2. The maximum atomic E-state index is 12.5. The highest BCUT2D eigenvalue weighted by molar-refractivity contribution is 7.22. The molecule has 1 aromatic carbocycles. The van der Waals surface area contributed by atoms with E-state index in [1.54, 1.807) is 12.1 Å². The standard InChI is InChI=1S/C23H28N6O4S/c1-14(30)24-16-7-8-17-18(13-16)34-22(25-17)26-19(32)9-10-20-27-21(29-33-20)23(28-15(2)31)11-5-3-4-6-12-23/h7-8,13H,3-6,9-12H2,1-2H3,(H,24,30)(H,28,31)(H,25,26,32). The highest BCUT2D eigenvalue weighted by atomic mass is 32.1. The second-order valence-corrected chi connectivity index (χ2v) is 9.65. The average Bonchev–Trinajstić information content (AvgIpc) is 3.33. The molecule has 180 valence electrons. The maximum Gasteiger partial charge on any atom is 0.227 e. The normalized spacial score (nSPS) is 15.5. The number of nitrogens with one attached hydrogen (secondary N) is 3. The number of benzene rings is 1. The number of rotatable bonds is 7. The van der Waals surface area contributed by atoms with Gasteiger partial charge in [-0.3, -0.25) is 14.4 Å². The first kappa shape index (κ1) is 23.8. The smallest absolute Gasteiger partial charge is 0.227 e. The number of carbonyl (C=O) groups is 3. The zero-order valence-corrected chi connectivity index (χ0v) is 20.1. The van der Waals surface area contributed by atoms with Crippen LogP contribution in [-0.4, -0.2) is 32.8 Å². The van der Waals surface area contributed by atoms with E-state index in [2.05, 4.69) is 31.1 Å². The highest BCUT2D eigenvalue weighted by Gasteiger charge is 2.38. The molecule has 34 heavy (non-hydrogen) atoms. The summed E-state index contributed by atoms with van der Waals surface area (Å²) in [6.07, 6.45) is 6.19. The molecular weight excluding hydrogens is 456 g/mol. The molecule has 1 aliphatic carbocycles. The largest absolute Gasteiger partial charge is 0.343 e. The highest BCUT2D eigenvalue weighted by Crippen LogP contribution is 2.34. The first-order chi connectivity index (χ1) is 16.3. The van der Waals surface area contributed by atoms with Gasteiger partial charge < -0.3 is 20.5 Å². The van der Waals surface area contributed by atoms with Gasteiger partial charge in [-0.05, 0) is 31.0 Å². The molecule has 0 saturated heterocycles. The van der Waals surface area contributed by atoms with Crippen LogP contribution >= 0.6 is 11.3 Å². The summed E-state index contributed by atoms with van der Waals surface area (Å²) in [7, 11) is 0. The van der Waals surface area contributed by atoms with Crippen LogP contribution in [0.4, 0.5) is 10.8 Å². The number of hydrogen-bond acceptors (Lipinski definition) is 8. The van der Waals surface area contributed by atoms with Gasteiger partial charge in [0.1, 0.15) is 5.54 Å². The molecule has 0 atom stereocenters. The summed E-state index contributed by atoms with van der Waals surface area (Å²) in [5.74, 6) is 0.368. The van der Waals surface area contributed by atoms with Crippen molar-refractivity contribution in [3.8, 4) is 0 Å². The lowest BCUT2D eigenvalue weighted by molar-refractivity contribution is -0.121. The van der Waals surface area contributed by atoms with Crippen molar-refractivity contribution in [2.75, 3.05) is 10.6 Å². The van der Waals surface area contributed by atoms with E-state index >= 15 is 0 Å². The SMILES string of the molecule is CC(=O)Nc1ccc2nc(NC(=O)CCc3nc(C4(NC(C)=O)CCCCCC4)no3)sc2c1. The van der Waals surface area contributed by atoms with Crippen molar-refractivity contribution in [3.05, 3.63) is 29.9 Å². The predicted molar refractivity (Wildman–Crippen MR) is 128 cm³/mol. The van der Waals surface area contributed by atoms with E-state index in [0.717, 1.165) is 48.7 Å². The number of hydrogen-bond donors (Lipinski definition) is 3. The number of aryl methyl sites for hydroxylation is 1. The summed E-state index contributed by atoms with van der Waals surface area (Å²) >= 11 is 1.33. The van der Waals surface area contributed by atoms with E-state index in [0.29, 0.717) is 22.5 Å². The lowest BCUT2D eigenvalue weighted by Gasteiger charge is -2.30. The minimum absolute atomic E-state index is 0.118. The number of fused-ring (bicyclic) bond motifs is 1. The molecule has 2 heterocycles. The molecule has 2 aromatic heterocycles.